The van der Waals surface area contributed by atoms with Gasteiger partial charge in [0.1, 0.15) is 23.4 Å². The average molecular weight is 472 g/mol. The summed E-state index contributed by atoms with van der Waals surface area (Å²) in [7, 11) is 0. The summed E-state index contributed by atoms with van der Waals surface area (Å²) in [5.74, 6) is -0.207. The normalized spacial score (nSPS) is 21.3. The first-order chi connectivity index (χ1) is 16.6. The van der Waals surface area contributed by atoms with Crippen LogP contribution in [0.2, 0.25) is 0 Å². The van der Waals surface area contributed by atoms with Crippen LogP contribution in [0.3, 0.4) is 0 Å². The van der Waals surface area contributed by atoms with Crippen molar-refractivity contribution >= 4 is 17.4 Å². The van der Waals surface area contributed by atoms with Gasteiger partial charge in [0.05, 0.1) is 24.4 Å². The second-order valence-electron chi connectivity index (χ2n) is 10.3. The minimum atomic E-state index is -0.738. The number of aliphatic hydroxyl groups excluding tert-OH is 1. The van der Waals surface area contributed by atoms with Gasteiger partial charge in [0.15, 0.2) is 0 Å². The van der Waals surface area contributed by atoms with E-state index in [0.29, 0.717) is 11.3 Å². The first kappa shape index (κ1) is 23.0. The molecule has 6 nitrogen and oxygen atoms in total. The minimum Gasteiger partial charge on any atom is -0.507 e. The summed E-state index contributed by atoms with van der Waals surface area (Å²) in [6.07, 6.45) is 2.32. The summed E-state index contributed by atoms with van der Waals surface area (Å²) in [5, 5.41) is 11.4. The number of amides is 1. The molecule has 2 atom stereocenters. The van der Waals surface area contributed by atoms with Crippen LogP contribution in [0.1, 0.15) is 61.8 Å². The summed E-state index contributed by atoms with van der Waals surface area (Å²) >= 11 is 0. The number of fused-ring (bicyclic) bond motifs is 1. The van der Waals surface area contributed by atoms with Crippen LogP contribution in [-0.4, -0.2) is 27.8 Å². The van der Waals surface area contributed by atoms with Gasteiger partial charge in [-0.15, -0.1) is 0 Å². The van der Waals surface area contributed by atoms with E-state index in [1.807, 2.05) is 37.3 Å². The maximum atomic E-state index is 13.3. The van der Waals surface area contributed by atoms with Gasteiger partial charge in [-0.25, -0.2) is 0 Å². The van der Waals surface area contributed by atoms with E-state index in [4.69, 9.17) is 9.15 Å². The number of Topliss-reactive ketones (excluding diaryl/α,β-unsaturated/α-hetero) is 1. The molecule has 0 saturated carbocycles. The summed E-state index contributed by atoms with van der Waals surface area (Å²) in [6.45, 7) is 8.49. The molecule has 0 bridgehead atoms. The highest BCUT2D eigenvalue weighted by atomic mass is 16.5. The van der Waals surface area contributed by atoms with Crippen molar-refractivity contribution in [2.75, 3.05) is 0 Å². The van der Waals surface area contributed by atoms with Gasteiger partial charge < -0.3 is 19.2 Å². The molecule has 2 aliphatic rings. The van der Waals surface area contributed by atoms with E-state index in [-0.39, 0.29) is 29.4 Å². The average Bonchev–Trinajstić information content (AvgIpc) is 3.52. The second-order valence-corrected chi connectivity index (χ2v) is 10.3. The molecule has 3 heterocycles. The van der Waals surface area contributed by atoms with Gasteiger partial charge >= 0.3 is 0 Å². The van der Waals surface area contributed by atoms with Crippen LogP contribution in [0.5, 0.6) is 5.75 Å². The molecule has 2 aliphatic heterocycles. The van der Waals surface area contributed by atoms with Gasteiger partial charge in [0.2, 0.25) is 0 Å². The van der Waals surface area contributed by atoms with E-state index in [2.05, 4.69) is 20.8 Å². The monoisotopic (exact) mass is 471 g/mol. The fourth-order valence-corrected chi connectivity index (χ4v) is 4.85. The minimum absolute atomic E-state index is 0.0435. The Kier molecular flexibility index (Phi) is 5.55. The van der Waals surface area contributed by atoms with Crippen molar-refractivity contribution in [2.24, 2.45) is 0 Å². The predicted octanol–water partition coefficient (Wildman–Crippen LogP) is 5.52. The van der Waals surface area contributed by atoms with E-state index in [9.17, 15) is 14.7 Å². The molecule has 5 rings (SSSR count). The fraction of sp³-hybridized carbons (Fsp3) is 0.310. The Morgan fingerprint density at radius 2 is 1.83 bits per heavy atom. The molecule has 1 aromatic heterocycles. The van der Waals surface area contributed by atoms with Crippen molar-refractivity contribution in [1.82, 2.24) is 4.90 Å². The van der Waals surface area contributed by atoms with Crippen molar-refractivity contribution in [2.45, 2.75) is 58.2 Å². The highest BCUT2D eigenvalue weighted by molar-refractivity contribution is 6.46. The third-order valence-electron chi connectivity index (χ3n) is 6.71. The van der Waals surface area contributed by atoms with Crippen LogP contribution in [-0.2, 0) is 28.0 Å². The molecule has 0 radical (unpaired) electrons. The first-order valence-electron chi connectivity index (χ1n) is 11.8. The fourth-order valence-electron chi connectivity index (χ4n) is 4.85. The van der Waals surface area contributed by atoms with Crippen LogP contribution in [0.25, 0.3) is 5.76 Å². The lowest BCUT2D eigenvalue weighted by atomic mass is 9.85. The van der Waals surface area contributed by atoms with Crippen molar-refractivity contribution < 1.29 is 23.8 Å². The van der Waals surface area contributed by atoms with Gasteiger partial charge in [-0.05, 0) is 59.4 Å². The molecular weight excluding hydrogens is 442 g/mol. The molecule has 2 aromatic carbocycles. The zero-order valence-electron chi connectivity index (χ0n) is 20.4. The molecular formula is C29H29NO5. The van der Waals surface area contributed by atoms with Gasteiger partial charge in [-0.2, -0.15) is 0 Å². The smallest absolute Gasteiger partial charge is 0.296 e. The van der Waals surface area contributed by atoms with Gasteiger partial charge in [0.25, 0.3) is 11.7 Å². The zero-order valence-corrected chi connectivity index (χ0v) is 20.4. The predicted molar refractivity (Wildman–Crippen MR) is 132 cm³/mol. The molecule has 0 spiro atoms. The molecule has 3 aromatic rings. The zero-order chi connectivity index (χ0) is 24.9. The molecule has 180 valence electrons. The molecule has 6 heteroatoms. The van der Waals surface area contributed by atoms with E-state index in [0.717, 1.165) is 28.9 Å². The maximum absolute atomic E-state index is 13.3. The summed E-state index contributed by atoms with van der Waals surface area (Å²) < 4.78 is 11.2. The standard InChI is InChI=1S/C29H29NO5/c1-17-14-20-15-19(9-12-23(20)35-17)26(31)24-25(18-7-10-21(11-8-18)29(2,3)4)30(28(33)27(24)32)16-22-6-5-13-34-22/h5-13,15,17,25,31H,14,16H2,1-4H3/t17-,25+/m0/s1. The number of benzene rings is 2. The number of aliphatic hydroxyl groups is 1. The third-order valence-corrected chi connectivity index (χ3v) is 6.71. The lowest BCUT2D eigenvalue weighted by Crippen LogP contribution is -2.29. The number of ether oxygens (including phenoxy) is 1. The van der Waals surface area contributed by atoms with Gasteiger partial charge in [0, 0.05) is 12.0 Å². The SMILES string of the molecule is C[C@H]1Cc2cc(C(O)=C3C(=O)C(=O)N(Cc4ccco4)[C@@H]3c3ccc(C(C)(C)C)cc3)ccc2O1. The number of carbonyl (C=O) groups is 2. The molecule has 1 saturated heterocycles. The van der Waals surface area contributed by atoms with Gasteiger partial charge in [-0.1, -0.05) is 45.0 Å². The van der Waals surface area contributed by atoms with Gasteiger partial charge in [-0.3, -0.25) is 9.59 Å². The Morgan fingerprint density at radius 3 is 2.49 bits per heavy atom. The summed E-state index contributed by atoms with van der Waals surface area (Å²) in [6, 6.07) is 16.0. The number of ketones is 1. The Balaban J connectivity index is 1.62. The van der Waals surface area contributed by atoms with Crippen LogP contribution >= 0.6 is 0 Å². The molecule has 1 N–H and O–H groups in total. The number of hydrogen-bond acceptors (Lipinski definition) is 5. The topological polar surface area (TPSA) is 80.0 Å². The number of hydrogen-bond donors (Lipinski definition) is 1. The van der Waals surface area contributed by atoms with Crippen LogP contribution in [0, 0.1) is 0 Å². The van der Waals surface area contributed by atoms with E-state index >= 15 is 0 Å². The first-order valence-corrected chi connectivity index (χ1v) is 11.8. The number of carbonyl (C=O) groups excluding carboxylic acids is 2. The summed E-state index contributed by atoms with van der Waals surface area (Å²) in [4.78, 5) is 27.9. The highest BCUT2D eigenvalue weighted by Crippen LogP contribution is 2.41. The highest BCUT2D eigenvalue weighted by Gasteiger charge is 2.46. The Morgan fingerprint density at radius 1 is 1.09 bits per heavy atom. The van der Waals surface area contributed by atoms with Crippen LogP contribution < -0.4 is 4.74 Å². The Hall–Kier alpha value is -3.80. The van der Waals surface area contributed by atoms with Crippen molar-refractivity contribution in [3.8, 4) is 5.75 Å². The molecule has 0 unspecified atom stereocenters. The van der Waals surface area contributed by atoms with Crippen LogP contribution in [0.4, 0.5) is 0 Å². The number of furan rings is 1. The Bertz CT molecular complexity index is 1310. The molecule has 35 heavy (non-hydrogen) atoms. The summed E-state index contributed by atoms with van der Waals surface area (Å²) in [5.41, 5.74) is 3.39. The quantitative estimate of drug-likeness (QED) is 0.308. The number of nitrogens with zero attached hydrogens (tertiary/aromatic N) is 1. The van der Waals surface area contributed by atoms with Crippen molar-refractivity contribution in [3.05, 3.63) is 94.4 Å². The second kappa shape index (κ2) is 8.45. The largest absolute Gasteiger partial charge is 0.507 e. The lowest BCUT2D eigenvalue weighted by Gasteiger charge is -2.26. The van der Waals surface area contributed by atoms with E-state index < -0.39 is 17.7 Å². The van der Waals surface area contributed by atoms with Crippen molar-refractivity contribution in [1.29, 1.82) is 0 Å². The molecule has 0 aliphatic carbocycles. The van der Waals surface area contributed by atoms with Crippen LogP contribution in [0.15, 0.2) is 70.9 Å². The Labute approximate surface area is 204 Å². The van der Waals surface area contributed by atoms with E-state index in [1.54, 1.807) is 24.3 Å². The lowest BCUT2D eigenvalue weighted by molar-refractivity contribution is -0.140. The van der Waals surface area contributed by atoms with E-state index in [1.165, 1.54) is 11.2 Å². The maximum Gasteiger partial charge on any atom is 0.296 e. The third kappa shape index (κ3) is 4.14. The molecule has 1 fully saturated rings. The molecule has 1 amide bonds. The number of likely N-dealkylation sites (tertiary alicyclic amines) is 1. The number of rotatable bonds is 4. The van der Waals surface area contributed by atoms with Crippen molar-refractivity contribution in [3.63, 3.8) is 0 Å².